The highest BCUT2D eigenvalue weighted by Gasteiger charge is 2.29. The van der Waals surface area contributed by atoms with Crippen LogP contribution in [0.2, 0.25) is 0 Å². The molecule has 2 aromatic rings. The number of hydrogen-bond acceptors (Lipinski definition) is 3. The zero-order valence-corrected chi connectivity index (χ0v) is 11.6. The molecule has 1 aliphatic rings. The number of anilines is 1. The molecular weight excluding hydrogens is 307 g/mol. The van der Waals surface area contributed by atoms with E-state index in [1.165, 1.54) is 29.2 Å². The third kappa shape index (κ3) is 2.20. The predicted octanol–water partition coefficient (Wildman–Crippen LogP) is 3.94. The first-order valence-electron chi connectivity index (χ1n) is 5.70. The van der Waals surface area contributed by atoms with Crippen LogP contribution in [0.1, 0.15) is 15.7 Å². The van der Waals surface area contributed by atoms with Gasteiger partial charge in [-0.15, -0.1) is 23.1 Å². The molecule has 3 rings (SSSR count). The molecule has 1 aromatic heterocycles. The Bertz CT molecular complexity index is 686. The predicted molar refractivity (Wildman–Crippen MR) is 73.6 cm³/mol. The van der Waals surface area contributed by atoms with Gasteiger partial charge in [0, 0.05) is 10.4 Å². The lowest BCUT2D eigenvalue weighted by Gasteiger charge is -2.15. The van der Waals surface area contributed by atoms with Gasteiger partial charge >= 0.3 is 0 Å². The summed E-state index contributed by atoms with van der Waals surface area (Å²) >= 11 is 2.53. The molecule has 7 heteroatoms. The van der Waals surface area contributed by atoms with Gasteiger partial charge in [0.1, 0.15) is 0 Å². The zero-order valence-electron chi connectivity index (χ0n) is 9.95. The largest absolute Gasteiger partial charge is 0.324 e. The van der Waals surface area contributed by atoms with Crippen LogP contribution in [-0.2, 0) is 4.79 Å². The molecule has 0 bridgehead atoms. The number of amides is 1. The lowest BCUT2D eigenvalue weighted by atomic mass is 10.1. The van der Waals surface area contributed by atoms with Crippen LogP contribution in [0.15, 0.2) is 23.6 Å². The number of fused-ring (bicyclic) bond motifs is 1. The topological polar surface area (TPSA) is 29.1 Å². The molecule has 1 amide bonds. The smallest absolute Gasteiger partial charge is 0.234 e. The minimum Gasteiger partial charge on any atom is -0.324 e. The Balaban J connectivity index is 2.11. The van der Waals surface area contributed by atoms with Crippen LogP contribution in [0.4, 0.5) is 18.9 Å². The standard InChI is InChI=1S/C13H8F3NOS2/c14-7-2-1-6(10(15)11(7)16)12-13-8(3-4-19-13)17-9(18)5-20-12/h1-4,12H,5H2,(H,17,18)/t12-/m0/s1. The van der Waals surface area contributed by atoms with Crippen LogP contribution in [0.5, 0.6) is 0 Å². The van der Waals surface area contributed by atoms with E-state index in [1.807, 2.05) is 0 Å². The lowest BCUT2D eigenvalue weighted by molar-refractivity contribution is -0.113. The fourth-order valence-electron chi connectivity index (χ4n) is 2.02. The average molecular weight is 315 g/mol. The van der Waals surface area contributed by atoms with E-state index in [9.17, 15) is 18.0 Å². The molecule has 1 aromatic carbocycles. The Kier molecular flexibility index (Phi) is 3.47. The summed E-state index contributed by atoms with van der Waals surface area (Å²) in [4.78, 5) is 12.3. The van der Waals surface area contributed by atoms with Gasteiger partial charge in [-0.05, 0) is 17.5 Å². The summed E-state index contributed by atoms with van der Waals surface area (Å²) in [5.41, 5.74) is 0.647. The molecule has 0 radical (unpaired) electrons. The molecule has 0 saturated heterocycles. The van der Waals surface area contributed by atoms with E-state index in [-0.39, 0.29) is 17.2 Å². The molecule has 0 fully saturated rings. The number of hydrogen-bond donors (Lipinski definition) is 1. The molecular formula is C13H8F3NOS2. The van der Waals surface area contributed by atoms with Crippen molar-refractivity contribution in [2.75, 3.05) is 11.1 Å². The van der Waals surface area contributed by atoms with Gasteiger partial charge in [-0.3, -0.25) is 4.79 Å². The molecule has 1 atom stereocenters. The van der Waals surface area contributed by atoms with Crippen molar-refractivity contribution in [3.8, 4) is 0 Å². The van der Waals surface area contributed by atoms with E-state index < -0.39 is 22.7 Å². The van der Waals surface area contributed by atoms with Crippen LogP contribution in [-0.4, -0.2) is 11.7 Å². The van der Waals surface area contributed by atoms with Gasteiger partial charge in [-0.1, -0.05) is 6.07 Å². The van der Waals surface area contributed by atoms with Crippen molar-refractivity contribution >= 4 is 34.7 Å². The Morgan fingerprint density at radius 2 is 1.95 bits per heavy atom. The van der Waals surface area contributed by atoms with Crippen molar-refractivity contribution in [1.82, 2.24) is 0 Å². The maximum Gasteiger partial charge on any atom is 0.234 e. The second-order valence-corrected chi connectivity index (χ2v) is 6.24. The molecule has 2 nitrogen and oxygen atoms in total. The number of nitrogens with one attached hydrogen (secondary N) is 1. The van der Waals surface area contributed by atoms with Crippen LogP contribution < -0.4 is 5.32 Å². The number of thiophene rings is 1. The second-order valence-electron chi connectivity index (χ2n) is 4.20. The highest BCUT2D eigenvalue weighted by atomic mass is 32.2. The first-order chi connectivity index (χ1) is 9.58. The molecule has 0 saturated carbocycles. The second kappa shape index (κ2) is 5.14. The highest BCUT2D eigenvalue weighted by Crippen LogP contribution is 2.45. The van der Waals surface area contributed by atoms with Crippen LogP contribution in [0.3, 0.4) is 0 Å². The summed E-state index contributed by atoms with van der Waals surface area (Å²) in [6, 6.07) is 3.85. The molecule has 1 N–H and O–H groups in total. The average Bonchev–Trinajstić information content (AvgIpc) is 2.81. The number of halogens is 3. The lowest BCUT2D eigenvalue weighted by Crippen LogP contribution is -2.11. The van der Waals surface area contributed by atoms with Gasteiger partial charge in [0.25, 0.3) is 0 Å². The molecule has 1 aliphatic heterocycles. The molecule has 104 valence electrons. The normalized spacial score (nSPS) is 18.4. The minimum atomic E-state index is -1.48. The van der Waals surface area contributed by atoms with Gasteiger partial charge in [-0.2, -0.15) is 0 Å². The maximum absolute atomic E-state index is 13.9. The molecule has 2 heterocycles. The van der Waals surface area contributed by atoms with Gasteiger partial charge in [0.05, 0.1) is 16.7 Å². The van der Waals surface area contributed by atoms with E-state index >= 15 is 0 Å². The van der Waals surface area contributed by atoms with Gasteiger partial charge in [0.15, 0.2) is 17.5 Å². The van der Waals surface area contributed by atoms with Crippen LogP contribution in [0, 0.1) is 17.5 Å². The Hall–Kier alpha value is -1.47. The third-order valence-electron chi connectivity index (χ3n) is 2.94. The Labute approximate surface area is 121 Å². The quantitative estimate of drug-likeness (QED) is 0.808. The minimum absolute atomic E-state index is 0.0501. The Morgan fingerprint density at radius 3 is 2.75 bits per heavy atom. The summed E-state index contributed by atoms with van der Waals surface area (Å²) in [6.07, 6.45) is 0. The summed E-state index contributed by atoms with van der Waals surface area (Å²) in [6.45, 7) is 0. The Morgan fingerprint density at radius 1 is 1.15 bits per heavy atom. The van der Waals surface area contributed by atoms with Crippen molar-refractivity contribution in [1.29, 1.82) is 0 Å². The van der Waals surface area contributed by atoms with Gasteiger partial charge in [0.2, 0.25) is 5.91 Å². The van der Waals surface area contributed by atoms with E-state index in [4.69, 9.17) is 0 Å². The van der Waals surface area contributed by atoms with Crippen molar-refractivity contribution in [2.24, 2.45) is 0 Å². The molecule has 0 spiro atoms. The summed E-state index contributed by atoms with van der Waals surface area (Å²) in [5.74, 6) is -3.96. The summed E-state index contributed by atoms with van der Waals surface area (Å²) < 4.78 is 40.4. The maximum atomic E-state index is 13.9. The van der Waals surface area contributed by atoms with E-state index in [1.54, 1.807) is 11.4 Å². The number of carbonyl (C=O) groups is 1. The fraction of sp³-hybridized carbons (Fsp3) is 0.154. The molecule has 20 heavy (non-hydrogen) atoms. The number of carbonyl (C=O) groups excluding carboxylic acids is 1. The van der Waals surface area contributed by atoms with Crippen molar-refractivity contribution in [3.05, 3.63) is 51.5 Å². The van der Waals surface area contributed by atoms with Crippen molar-refractivity contribution in [2.45, 2.75) is 5.25 Å². The fourth-order valence-corrected chi connectivity index (χ4v) is 4.27. The van der Waals surface area contributed by atoms with Crippen LogP contribution >= 0.6 is 23.1 Å². The summed E-state index contributed by atoms with van der Waals surface area (Å²) in [5, 5.41) is 3.94. The van der Waals surface area contributed by atoms with Gasteiger partial charge < -0.3 is 5.32 Å². The third-order valence-corrected chi connectivity index (χ3v) is 5.32. The molecule has 0 unspecified atom stereocenters. The molecule has 0 aliphatic carbocycles. The van der Waals surface area contributed by atoms with E-state index in [2.05, 4.69) is 5.32 Å². The van der Waals surface area contributed by atoms with Crippen molar-refractivity contribution < 1.29 is 18.0 Å². The number of rotatable bonds is 1. The first-order valence-corrected chi connectivity index (χ1v) is 7.63. The number of benzene rings is 1. The van der Waals surface area contributed by atoms with E-state index in [0.717, 1.165) is 10.9 Å². The monoisotopic (exact) mass is 315 g/mol. The van der Waals surface area contributed by atoms with Gasteiger partial charge in [-0.25, -0.2) is 13.2 Å². The SMILES string of the molecule is O=C1CS[C@@H](c2ccc(F)c(F)c2F)c2sccc2N1. The van der Waals surface area contributed by atoms with Crippen LogP contribution in [0.25, 0.3) is 0 Å². The highest BCUT2D eigenvalue weighted by molar-refractivity contribution is 8.00. The first kappa shape index (κ1) is 13.5. The van der Waals surface area contributed by atoms with E-state index in [0.29, 0.717) is 5.69 Å². The van der Waals surface area contributed by atoms with Crippen molar-refractivity contribution in [3.63, 3.8) is 0 Å². The zero-order chi connectivity index (χ0) is 14.3. The number of thioether (sulfide) groups is 1. The summed E-state index contributed by atoms with van der Waals surface area (Å²) in [7, 11) is 0.